The Kier molecular flexibility index (Phi) is 6.52. The van der Waals surface area contributed by atoms with Crippen molar-refractivity contribution >= 4 is 17.6 Å². The third-order valence-electron chi connectivity index (χ3n) is 8.53. The highest BCUT2D eigenvalue weighted by Gasteiger charge is 2.53. The van der Waals surface area contributed by atoms with Crippen molar-refractivity contribution in [3.63, 3.8) is 0 Å². The summed E-state index contributed by atoms with van der Waals surface area (Å²) in [5.74, 6) is 0.722. The normalized spacial score (nSPS) is 33.3. The molecule has 0 aromatic carbocycles. The lowest BCUT2D eigenvalue weighted by Gasteiger charge is -2.40. The molecule has 0 radical (unpaired) electrons. The number of ether oxygens (including phenoxy) is 1. The summed E-state index contributed by atoms with van der Waals surface area (Å²) in [7, 11) is 0. The number of nitrogens with zero attached hydrogens (tertiary/aromatic N) is 2. The summed E-state index contributed by atoms with van der Waals surface area (Å²) in [6, 6.07) is -0.247. The number of halogens is 1. The zero-order valence-corrected chi connectivity index (χ0v) is 21.1. The third-order valence-corrected chi connectivity index (χ3v) is 8.53. The van der Waals surface area contributed by atoms with Gasteiger partial charge in [0.05, 0.1) is 12.1 Å². The second-order valence-corrected chi connectivity index (χ2v) is 11.1. The van der Waals surface area contributed by atoms with Gasteiger partial charge in [-0.3, -0.25) is 20.3 Å². The number of amides is 2. The van der Waals surface area contributed by atoms with Crippen molar-refractivity contribution in [1.29, 1.82) is 0 Å². The van der Waals surface area contributed by atoms with Gasteiger partial charge in [0.25, 0.3) is 5.91 Å². The molecule has 2 heterocycles. The van der Waals surface area contributed by atoms with E-state index in [1.807, 2.05) is 30.4 Å². The smallest absolute Gasteiger partial charge is 0.252 e. The van der Waals surface area contributed by atoms with Crippen LogP contribution in [0.4, 0.5) is 4.39 Å². The molecule has 0 spiro atoms. The molecule has 2 aliphatic heterocycles. The van der Waals surface area contributed by atoms with Gasteiger partial charge in [0.2, 0.25) is 5.91 Å². The second kappa shape index (κ2) is 9.83. The minimum Gasteiger partial charge on any atom is -0.364 e. The predicted octanol–water partition coefficient (Wildman–Crippen LogP) is 3.10. The van der Waals surface area contributed by atoms with E-state index in [9.17, 15) is 14.0 Å². The first-order valence-corrected chi connectivity index (χ1v) is 13.7. The van der Waals surface area contributed by atoms with Crippen LogP contribution in [0.1, 0.15) is 64.2 Å². The van der Waals surface area contributed by atoms with E-state index in [2.05, 4.69) is 28.2 Å². The first-order valence-electron chi connectivity index (χ1n) is 13.7. The van der Waals surface area contributed by atoms with Gasteiger partial charge in [0, 0.05) is 24.8 Å². The fourth-order valence-corrected chi connectivity index (χ4v) is 6.18. The number of carbonyl (C=O) groups is 2. The van der Waals surface area contributed by atoms with Crippen molar-refractivity contribution in [2.75, 3.05) is 6.61 Å². The molecule has 4 unspecified atom stereocenters. The van der Waals surface area contributed by atoms with Crippen molar-refractivity contribution in [3.05, 3.63) is 48.1 Å². The molecule has 6 rings (SSSR count). The van der Waals surface area contributed by atoms with E-state index in [-0.39, 0.29) is 36.8 Å². The van der Waals surface area contributed by atoms with Crippen LogP contribution in [0.15, 0.2) is 53.1 Å². The van der Waals surface area contributed by atoms with E-state index in [4.69, 9.17) is 9.73 Å². The summed E-state index contributed by atoms with van der Waals surface area (Å²) < 4.78 is 21.1. The van der Waals surface area contributed by atoms with Gasteiger partial charge in [-0.25, -0.2) is 14.4 Å². The lowest BCUT2D eigenvalue weighted by atomic mass is 9.83. The van der Waals surface area contributed by atoms with E-state index in [1.165, 1.54) is 0 Å². The number of hydrogen-bond acceptors (Lipinski definition) is 6. The average Bonchev–Trinajstić information content (AvgIpc) is 3.56. The highest BCUT2D eigenvalue weighted by molar-refractivity contribution is 5.92. The van der Waals surface area contributed by atoms with E-state index in [0.29, 0.717) is 24.8 Å². The number of nitrogens with one attached hydrogen (secondary N) is 3. The van der Waals surface area contributed by atoms with E-state index < -0.39 is 23.6 Å². The maximum atomic E-state index is 14.7. The number of aliphatic imine (C=N–C) groups is 1. The Labute approximate surface area is 217 Å². The number of hydrazine groups is 1. The summed E-state index contributed by atoms with van der Waals surface area (Å²) in [5, 5.41) is 8.18. The molecular formula is C28H36FN5O3. The first-order chi connectivity index (χ1) is 18.0. The molecule has 8 nitrogen and oxygen atoms in total. The Morgan fingerprint density at radius 1 is 1.14 bits per heavy atom. The topological polar surface area (TPSA) is 95.1 Å². The molecule has 0 aromatic rings. The van der Waals surface area contributed by atoms with Gasteiger partial charge in [-0.2, -0.15) is 0 Å². The van der Waals surface area contributed by atoms with Gasteiger partial charge >= 0.3 is 0 Å². The molecule has 3 N–H and O–H groups in total. The lowest BCUT2D eigenvalue weighted by Crippen LogP contribution is -2.61. The fraction of sp³-hybridized carbons (Fsp3) is 0.607. The number of allylic oxidation sites excluding steroid dienone is 6. The summed E-state index contributed by atoms with van der Waals surface area (Å²) in [6.07, 6.45) is 19.3. The summed E-state index contributed by atoms with van der Waals surface area (Å²) in [5.41, 5.74) is 2.32. The van der Waals surface area contributed by atoms with Crippen LogP contribution in [0, 0.1) is 5.92 Å². The van der Waals surface area contributed by atoms with Crippen molar-refractivity contribution in [1.82, 2.24) is 21.1 Å². The van der Waals surface area contributed by atoms with Crippen molar-refractivity contribution < 1.29 is 18.7 Å². The van der Waals surface area contributed by atoms with Gasteiger partial charge < -0.3 is 10.1 Å². The van der Waals surface area contributed by atoms with Crippen LogP contribution in [0.2, 0.25) is 0 Å². The van der Waals surface area contributed by atoms with Crippen LogP contribution in [0.25, 0.3) is 0 Å². The first kappa shape index (κ1) is 24.6. The summed E-state index contributed by atoms with van der Waals surface area (Å²) in [4.78, 5) is 31.4. The Balaban J connectivity index is 1.12. The molecule has 0 bridgehead atoms. The zero-order chi connectivity index (χ0) is 25.5. The van der Waals surface area contributed by atoms with Gasteiger partial charge in [-0.05, 0) is 37.7 Å². The minimum absolute atomic E-state index is 0.0446. The number of fused-ring (bicyclic) bond motifs is 1. The fourth-order valence-electron chi connectivity index (χ4n) is 6.18. The molecule has 0 aromatic heterocycles. The molecule has 6 aliphatic rings. The Hall–Kier alpha value is -2.78. The van der Waals surface area contributed by atoms with Crippen LogP contribution in [0.5, 0.6) is 0 Å². The quantitative estimate of drug-likeness (QED) is 0.490. The zero-order valence-electron chi connectivity index (χ0n) is 21.1. The Morgan fingerprint density at radius 2 is 1.95 bits per heavy atom. The maximum Gasteiger partial charge on any atom is 0.252 e. The molecule has 37 heavy (non-hydrogen) atoms. The van der Waals surface area contributed by atoms with Crippen molar-refractivity contribution in [3.8, 4) is 0 Å². The van der Waals surface area contributed by atoms with Gasteiger partial charge in [0.1, 0.15) is 17.6 Å². The number of carbonyl (C=O) groups excluding carboxylic acids is 2. The number of amidine groups is 1. The molecule has 4 atom stereocenters. The Bertz CT molecular complexity index is 1090. The number of alkyl halides is 1. The second-order valence-electron chi connectivity index (χ2n) is 11.1. The number of hydrogen-bond donors (Lipinski definition) is 3. The SMILES string of the molecule is O=C1CC(COC2(C(=O)NC3(C4=CC=CCC4F)CC3)CCCCC2)NC2N=C(C3C=CC=CC3)NN12. The van der Waals surface area contributed by atoms with Crippen LogP contribution in [-0.2, 0) is 14.3 Å². The monoisotopic (exact) mass is 509 g/mol. The summed E-state index contributed by atoms with van der Waals surface area (Å²) >= 11 is 0. The molecule has 4 aliphatic carbocycles. The summed E-state index contributed by atoms with van der Waals surface area (Å²) in [6.45, 7) is 0.241. The van der Waals surface area contributed by atoms with Gasteiger partial charge in [0.15, 0.2) is 6.29 Å². The average molecular weight is 510 g/mol. The molecule has 198 valence electrons. The predicted molar refractivity (Wildman–Crippen MR) is 138 cm³/mol. The molecule has 9 heteroatoms. The Morgan fingerprint density at radius 3 is 2.68 bits per heavy atom. The van der Waals surface area contributed by atoms with Crippen LogP contribution in [-0.4, -0.2) is 58.9 Å². The van der Waals surface area contributed by atoms with E-state index in [1.54, 1.807) is 5.01 Å². The highest BCUT2D eigenvalue weighted by atomic mass is 19.1. The van der Waals surface area contributed by atoms with E-state index in [0.717, 1.165) is 44.4 Å². The lowest BCUT2D eigenvalue weighted by molar-refractivity contribution is -0.157. The molecule has 2 amide bonds. The van der Waals surface area contributed by atoms with Gasteiger partial charge in [-0.1, -0.05) is 61.8 Å². The van der Waals surface area contributed by atoms with Crippen LogP contribution < -0.4 is 16.1 Å². The van der Waals surface area contributed by atoms with Gasteiger partial charge in [-0.15, -0.1) is 0 Å². The standard InChI is InChI=1S/C28H36FN5O3/c29-22-12-6-5-11-21(22)27(15-16-27)32-25(36)28(13-7-2-8-14-28)37-18-20-17-23(35)34-26(30-20)31-24(33-34)19-9-3-1-4-10-19/h1,3-6,9,11,19-20,22,26,30H,2,7-8,10,12-18H2,(H,31,33)(H,32,36). The molecular weight excluding hydrogens is 473 g/mol. The van der Waals surface area contributed by atoms with Crippen LogP contribution in [0.3, 0.4) is 0 Å². The highest BCUT2D eigenvalue weighted by Crippen LogP contribution is 2.47. The van der Waals surface area contributed by atoms with Crippen molar-refractivity contribution in [2.45, 2.75) is 93.9 Å². The molecule has 1 saturated heterocycles. The van der Waals surface area contributed by atoms with Crippen molar-refractivity contribution in [2.24, 2.45) is 10.9 Å². The van der Waals surface area contributed by atoms with E-state index >= 15 is 0 Å². The minimum atomic E-state index is -1.05. The largest absolute Gasteiger partial charge is 0.364 e. The number of rotatable bonds is 7. The molecule has 3 fully saturated rings. The molecule has 2 saturated carbocycles. The maximum absolute atomic E-state index is 14.7. The third kappa shape index (κ3) is 4.79. The van der Waals surface area contributed by atoms with Crippen LogP contribution >= 0.6 is 0 Å².